The summed E-state index contributed by atoms with van der Waals surface area (Å²) in [4.78, 5) is 34.9. The summed E-state index contributed by atoms with van der Waals surface area (Å²) < 4.78 is 1.69. The third kappa shape index (κ3) is 2.09. The van der Waals surface area contributed by atoms with Crippen LogP contribution in [-0.4, -0.2) is 43.0 Å². The lowest BCUT2D eigenvalue weighted by atomic mass is 9.73. The van der Waals surface area contributed by atoms with Crippen molar-refractivity contribution in [1.29, 1.82) is 0 Å². The van der Waals surface area contributed by atoms with Gasteiger partial charge in [0.25, 0.3) is 5.91 Å². The molecule has 1 saturated heterocycles. The van der Waals surface area contributed by atoms with Gasteiger partial charge in [-0.05, 0) is 18.1 Å². The van der Waals surface area contributed by atoms with E-state index in [2.05, 4.69) is 20.4 Å². The number of aryl methyl sites for hydroxylation is 1. The first-order valence-corrected chi connectivity index (χ1v) is 8.80. The summed E-state index contributed by atoms with van der Waals surface area (Å²) in [6.07, 6.45) is 7.15. The number of imidazole rings is 1. The molecule has 0 aliphatic carbocycles. The van der Waals surface area contributed by atoms with E-state index in [1.54, 1.807) is 15.8 Å². The van der Waals surface area contributed by atoms with Gasteiger partial charge in [-0.25, -0.2) is 4.98 Å². The number of aromatic nitrogens is 4. The lowest BCUT2D eigenvalue weighted by Gasteiger charge is -2.33. The summed E-state index contributed by atoms with van der Waals surface area (Å²) in [6, 6.07) is 7.27. The SMILES string of the molecule is Cn1cc([C@@H]2N(C(=O)c3cnc[nH]3)CC[C@]23C(=O)Nc2ccccc23)cn1. The van der Waals surface area contributed by atoms with Gasteiger partial charge in [0.1, 0.15) is 11.1 Å². The van der Waals surface area contributed by atoms with Crippen molar-refractivity contribution < 1.29 is 9.59 Å². The highest BCUT2D eigenvalue weighted by Crippen LogP contribution is 2.54. The number of hydrogen-bond donors (Lipinski definition) is 2. The monoisotopic (exact) mass is 362 g/mol. The van der Waals surface area contributed by atoms with Crippen LogP contribution in [0.2, 0.25) is 0 Å². The van der Waals surface area contributed by atoms with Crippen molar-refractivity contribution in [1.82, 2.24) is 24.6 Å². The van der Waals surface area contributed by atoms with Crippen LogP contribution >= 0.6 is 0 Å². The van der Waals surface area contributed by atoms with Crippen molar-refractivity contribution >= 4 is 17.5 Å². The van der Waals surface area contributed by atoms with Crippen LogP contribution in [0.4, 0.5) is 5.69 Å². The molecule has 2 amide bonds. The Kier molecular flexibility index (Phi) is 3.24. The highest BCUT2D eigenvalue weighted by Gasteiger charge is 2.59. The molecule has 8 heteroatoms. The van der Waals surface area contributed by atoms with Crippen molar-refractivity contribution in [2.24, 2.45) is 7.05 Å². The normalized spacial score (nSPS) is 23.7. The molecule has 0 unspecified atom stereocenters. The van der Waals surface area contributed by atoms with Crippen LogP contribution in [0.5, 0.6) is 0 Å². The number of para-hydroxylation sites is 1. The first-order chi connectivity index (χ1) is 13.1. The van der Waals surface area contributed by atoms with Gasteiger partial charge >= 0.3 is 0 Å². The molecule has 0 saturated carbocycles. The molecular formula is C19H18N6O2. The minimum Gasteiger partial charge on any atom is -0.341 e. The number of H-pyrrole nitrogens is 1. The Morgan fingerprint density at radius 3 is 2.89 bits per heavy atom. The van der Waals surface area contributed by atoms with Gasteiger partial charge in [0.15, 0.2) is 0 Å². The molecule has 0 radical (unpaired) electrons. The number of nitrogens with one attached hydrogen (secondary N) is 2. The smallest absolute Gasteiger partial charge is 0.272 e. The fourth-order valence-electron chi connectivity index (χ4n) is 4.48. The van der Waals surface area contributed by atoms with Crippen molar-refractivity contribution in [3.05, 3.63) is 66.0 Å². The maximum Gasteiger partial charge on any atom is 0.272 e. The van der Waals surface area contributed by atoms with Gasteiger partial charge in [-0.1, -0.05) is 18.2 Å². The zero-order valence-corrected chi connectivity index (χ0v) is 14.7. The fraction of sp³-hybridized carbons (Fsp3) is 0.263. The Morgan fingerprint density at radius 2 is 2.15 bits per heavy atom. The van der Waals surface area contributed by atoms with E-state index in [1.807, 2.05) is 37.5 Å². The molecule has 1 aromatic carbocycles. The van der Waals surface area contributed by atoms with Crippen LogP contribution < -0.4 is 5.32 Å². The zero-order chi connectivity index (χ0) is 18.6. The molecule has 136 valence electrons. The van der Waals surface area contributed by atoms with Crippen molar-refractivity contribution in [3.8, 4) is 0 Å². The predicted octanol–water partition coefficient (Wildman–Crippen LogP) is 1.62. The number of rotatable bonds is 2. The number of aromatic amines is 1. The van der Waals surface area contributed by atoms with E-state index in [0.717, 1.165) is 16.8 Å². The maximum absolute atomic E-state index is 13.2. The number of carbonyl (C=O) groups is 2. The molecule has 0 bridgehead atoms. The molecule has 8 nitrogen and oxygen atoms in total. The van der Waals surface area contributed by atoms with Crippen LogP contribution in [0, 0.1) is 0 Å². The summed E-state index contributed by atoms with van der Waals surface area (Å²) in [5, 5.41) is 7.29. The zero-order valence-electron chi connectivity index (χ0n) is 14.7. The van der Waals surface area contributed by atoms with Crippen LogP contribution in [0.1, 0.15) is 34.1 Å². The number of fused-ring (bicyclic) bond motifs is 2. The standard InChI is InChI=1S/C19H18N6O2/c1-24-10-12(8-22-24)16-19(13-4-2-3-5-14(13)23-18(19)27)6-7-25(16)17(26)15-9-20-11-21-15/h2-5,8-11,16H,6-7H2,1H3,(H,20,21)(H,23,27)/t16-,19+/m0/s1. The lowest BCUT2D eigenvalue weighted by Crippen LogP contribution is -2.42. The molecule has 2 atom stereocenters. The molecule has 5 rings (SSSR count). The largest absolute Gasteiger partial charge is 0.341 e. The van der Waals surface area contributed by atoms with Gasteiger partial charge < -0.3 is 15.2 Å². The van der Waals surface area contributed by atoms with E-state index >= 15 is 0 Å². The van der Waals surface area contributed by atoms with E-state index in [4.69, 9.17) is 0 Å². The van der Waals surface area contributed by atoms with Gasteiger partial charge in [0.05, 0.1) is 24.8 Å². The molecule has 2 aromatic heterocycles. The molecule has 2 aliphatic heterocycles. The third-order valence-electron chi connectivity index (χ3n) is 5.62. The molecule has 2 N–H and O–H groups in total. The fourth-order valence-corrected chi connectivity index (χ4v) is 4.48. The van der Waals surface area contributed by atoms with Gasteiger partial charge in [-0.2, -0.15) is 5.10 Å². The van der Waals surface area contributed by atoms with Crippen LogP contribution in [0.25, 0.3) is 0 Å². The average molecular weight is 362 g/mol. The Hall–Kier alpha value is -3.42. The van der Waals surface area contributed by atoms with E-state index in [1.165, 1.54) is 12.5 Å². The Morgan fingerprint density at radius 1 is 1.30 bits per heavy atom. The Labute approximate surface area is 155 Å². The quantitative estimate of drug-likeness (QED) is 0.724. The molecule has 1 fully saturated rings. The van der Waals surface area contributed by atoms with Crippen molar-refractivity contribution in [2.75, 3.05) is 11.9 Å². The highest BCUT2D eigenvalue weighted by molar-refractivity contribution is 6.08. The number of amides is 2. The summed E-state index contributed by atoms with van der Waals surface area (Å²) >= 11 is 0. The molecule has 3 aromatic rings. The van der Waals surface area contributed by atoms with E-state index < -0.39 is 11.5 Å². The highest BCUT2D eigenvalue weighted by atomic mass is 16.2. The summed E-state index contributed by atoms with van der Waals surface area (Å²) in [7, 11) is 1.83. The first kappa shape index (κ1) is 15.8. The molecule has 1 spiro atoms. The number of likely N-dealkylation sites (tertiary alicyclic amines) is 1. The van der Waals surface area contributed by atoms with Crippen molar-refractivity contribution in [3.63, 3.8) is 0 Å². The van der Waals surface area contributed by atoms with Crippen LogP contribution in [-0.2, 0) is 17.3 Å². The summed E-state index contributed by atoms with van der Waals surface area (Å²) in [5.74, 6) is -0.243. The number of nitrogens with zero attached hydrogens (tertiary/aromatic N) is 4. The predicted molar refractivity (Wildman–Crippen MR) is 96.9 cm³/mol. The van der Waals surface area contributed by atoms with Gasteiger partial charge in [-0.15, -0.1) is 0 Å². The minimum absolute atomic E-state index is 0.0718. The van der Waals surface area contributed by atoms with Gasteiger partial charge in [0.2, 0.25) is 5.91 Å². The van der Waals surface area contributed by atoms with E-state index in [-0.39, 0.29) is 11.8 Å². The second kappa shape index (κ2) is 5.54. The van der Waals surface area contributed by atoms with Crippen molar-refractivity contribution in [2.45, 2.75) is 17.9 Å². The second-order valence-electron chi connectivity index (χ2n) is 7.03. The van der Waals surface area contributed by atoms with Crippen LogP contribution in [0.3, 0.4) is 0 Å². The van der Waals surface area contributed by atoms with Crippen LogP contribution in [0.15, 0.2) is 49.2 Å². The molecule has 2 aliphatic rings. The van der Waals surface area contributed by atoms with E-state index in [0.29, 0.717) is 18.7 Å². The summed E-state index contributed by atoms with van der Waals surface area (Å²) in [6.45, 7) is 0.471. The minimum atomic E-state index is -0.824. The topological polar surface area (TPSA) is 95.9 Å². The maximum atomic E-state index is 13.2. The molecule has 27 heavy (non-hydrogen) atoms. The summed E-state index contributed by atoms with van der Waals surface area (Å²) in [5.41, 5.74) is 2.17. The first-order valence-electron chi connectivity index (χ1n) is 8.80. The Balaban J connectivity index is 1.68. The lowest BCUT2D eigenvalue weighted by molar-refractivity contribution is -0.121. The third-order valence-corrected chi connectivity index (χ3v) is 5.62. The number of carbonyl (C=O) groups excluding carboxylic acids is 2. The second-order valence-corrected chi connectivity index (χ2v) is 7.03. The molecule has 4 heterocycles. The van der Waals surface area contributed by atoms with E-state index in [9.17, 15) is 9.59 Å². The number of anilines is 1. The number of hydrogen-bond acceptors (Lipinski definition) is 4. The van der Waals surface area contributed by atoms with Gasteiger partial charge in [0, 0.05) is 31.0 Å². The number of benzene rings is 1. The van der Waals surface area contributed by atoms with Gasteiger partial charge in [-0.3, -0.25) is 14.3 Å². The Bertz CT molecular complexity index is 1040. The molecular weight excluding hydrogens is 344 g/mol. The average Bonchev–Trinajstić information content (AvgIpc) is 3.44.